The third-order valence-electron chi connectivity index (χ3n) is 7.18. The average molecular weight is 504 g/mol. The number of hydrogen-bond acceptors (Lipinski definition) is 3. The summed E-state index contributed by atoms with van der Waals surface area (Å²) < 4.78 is 10.9. The van der Waals surface area contributed by atoms with Gasteiger partial charge in [0.25, 0.3) is 0 Å². The minimum absolute atomic E-state index is 1.23. The largest absolute Gasteiger partial charge is 0.308 e. The van der Waals surface area contributed by atoms with Crippen molar-refractivity contribution in [2.75, 3.05) is 0 Å². The maximum Gasteiger partial charge on any atom is 0.0728 e. The summed E-state index contributed by atoms with van der Waals surface area (Å²) in [6.07, 6.45) is 0. The Hall–Kier alpha value is -3.18. The van der Waals surface area contributed by atoms with Gasteiger partial charge in [-0.2, -0.15) is 0 Å². The molecule has 4 heteroatoms. The Morgan fingerprint density at radius 2 is 1.06 bits per heavy atom. The molecule has 0 spiro atoms. The highest BCUT2D eigenvalue weighted by Gasteiger charge is 2.20. The van der Waals surface area contributed by atoms with Crippen molar-refractivity contribution in [3.8, 4) is 5.69 Å². The second-order valence-electron chi connectivity index (χ2n) is 9.68. The zero-order valence-electron chi connectivity index (χ0n) is 19.6. The van der Waals surface area contributed by atoms with Crippen molar-refractivity contribution in [3.63, 3.8) is 0 Å². The predicted molar refractivity (Wildman–Crippen MR) is 159 cm³/mol. The van der Waals surface area contributed by atoms with E-state index in [1.807, 2.05) is 34.0 Å². The normalized spacial score (nSPS) is 12.4. The highest BCUT2D eigenvalue weighted by molar-refractivity contribution is 7.36. The van der Waals surface area contributed by atoms with E-state index in [9.17, 15) is 0 Å². The van der Waals surface area contributed by atoms with E-state index >= 15 is 0 Å². The standard InChI is InChI=1S/C31H21NS3/c1-16-4-8-19(9-5-16)32-24-12-17(2)6-10-20(24)29-28(32)22-14-27-23(15-26(22)33-29)31-30(35-27)21-11-7-18(3)13-25(21)34-31/h4-15H,1-3H3. The Labute approximate surface area is 214 Å². The molecular weight excluding hydrogens is 483 g/mol. The zero-order chi connectivity index (χ0) is 23.4. The quantitative estimate of drug-likeness (QED) is 0.210. The van der Waals surface area contributed by atoms with Gasteiger partial charge in [-0.3, -0.25) is 0 Å². The molecule has 0 bridgehead atoms. The van der Waals surface area contributed by atoms with Crippen molar-refractivity contribution >= 4 is 94.8 Å². The number of aryl methyl sites for hydroxylation is 3. The number of fused-ring (bicyclic) bond motifs is 10. The first-order chi connectivity index (χ1) is 17.0. The molecular formula is C31H21NS3. The molecule has 0 unspecified atom stereocenters. The summed E-state index contributed by atoms with van der Waals surface area (Å²) in [6, 6.07) is 27.6. The molecule has 0 atom stereocenters. The van der Waals surface area contributed by atoms with E-state index in [-0.39, 0.29) is 0 Å². The molecule has 0 fully saturated rings. The second-order valence-corrected chi connectivity index (χ2v) is 12.8. The number of benzene rings is 4. The molecule has 0 aliphatic carbocycles. The lowest BCUT2D eigenvalue weighted by molar-refractivity contribution is 1.18. The number of hydrogen-bond donors (Lipinski definition) is 0. The lowest BCUT2D eigenvalue weighted by Gasteiger charge is -2.09. The van der Waals surface area contributed by atoms with Crippen molar-refractivity contribution in [1.82, 2.24) is 4.57 Å². The number of nitrogens with zero attached hydrogens (tertiary/aromatic N) is 1. The summed E-state index contributed by atoms with van der Waals surface area (Å²) in [5, 5.41) is 5.51. The van der Waals surface area contributed by atoms with Crippen molar-refractivity contribution in [3.05, 3.63) is 89.5 Å². The fourth-order valence-corrected chi connectivity index (χ4v) is 9.45. The Kier molecular flexibility index (Phi) is 3.98. The van der Waals surface area contributed by atoms with Gasteiger partial charge in [-0.15, -0.1) is 34.0 Å². The van der Waals surface area contributed by atoms with Crippen LogP contribution >= 0.6 is 34.0 Å². The summed E-state index contributed by atoms with van der Waals surface area (Å²) in [5.74, 6) is 0. The summed E-state index contributed by atoms with van der Waals surface area (Å²) in [7, 11) is 0. The lowest BCUT2D eigenvalue weighted by atomic mass is 10.1. The Balaban J connectivity index is 1.52. The molecule has 0 aliphatic heterocycles. The Morgan fingerprint density at radius 3 is 1.86 bits per heavy atom. The van der Waals surface area contributed by atoms with E-state index in [1.54, 1.807) is 0 Å². The summed E-state index contributed by atoms with van der Waals surface area (Å²) in [4.78, 5) is 0. The van der Waals surface area contributed by atoms with Gasteiger partial charge in [0.15, 0.2) is 0 Å². The van der Waals surface area contributed by atoms with Gasteiger partial charge in [-0.1, -0.05) is 42.0 Å². The van der Waals surface area contributed by atoms with Gasteiger partial charge in [0.05, 0.1) is 25.1 Å². The van der Waals surface area contributed by atoms with Crippen LogP contribution in [0.3, 0.4) is 0 Å². The van der Waals surface area contributed by atoms with Crippen LogP contribution in [0.1, 0.15) is 16.7 Å². The molecule has 0 aliphatic rings. The third kappa shape index (κ3) is 2.73. The zero-order valence-corrected chi connectivity index (χ0v) is 22.0. The van der Waals surface area contributed by atoms with Crippen LogP contribution < -0.4 is 0 Å². The smallest absolute Gasteiger partial charge is 0.0728 e. The van der Waals surface area contributed by atoms with Crippen LogP contribution in [0.2, 0.25) is 0 Å². The maximum absolute atomic E-state index is 2.48. The van der Waals surface area contributed by atoms with Gasteiger partial charge in [0.2, 0.25) is 0 Å². The Bertz CT molecular complexity index is 2130. The average Bonchev–Trinajstić information content (AvgIpc) is 3.55. The van der Waals surface area contributed by atoms with Crippen LogP contribution in [-0.4, -0.2) is 4.57 Å². The van der Waals surface area contributed by atoms with Crippen LogP contribution in [0, 0.1) is 20.8 Å². The van der Waals surface area contributed by atoms with Gasteiger partial charge in [0.1, 0.15) is 0 Å². The highest BCUT2D eigenvalue weighted by atomic mass is 32.1. The molecule has 0 saturated carbocycles. The maximum atomic E-state index is 2.48. The van der Waals surface area contributed by atoms with Gasteiger partial charge >= 0.3 is 0 Å². The van der Waals surface area contributed by atoms with E-state index < -0.39 is 0 Å². The van der Waals surface area contributed by atoms with Crippen LogP contribution in [0.15, 0.2) is 72.8 Å². The molecule has 8 rings (SSSR count). The van der Waals surface area contributed by atoms with E-state index in [4.69, 9.17) is 0 Å². The van der Waals surface area contributed by atoms with Gasteiger partial charge in [-0.25, -0.2) is 0 Å². The monoisotopic (exact) mass is 503 g/mol. The number of thiophene rings is 3. The third-order valence-corrected chi connectivity index (χ3v) is 10.9. The fourth-order valence-electron chi connectivity index (χ4n) is 5.45. The SMILES string of the molecule is Cc1ccc(-n2c3cc(C)ccc3c3sc4cc5c(cc4c32)sc2c3ccc(C)cc3sc52)cc1. The van der Waals surface area contributed by atoms with Crippen molar-refractivity contribution in [1.29, 1.82) is 0 Å². The topological polar surface area (TPSA) is 4.93 Å². The molecule has 4 heterocycles. The van der Waals surface area contributed by atoms with E-state index in [0.29, 0.717) is 0 Å². The lowest BCUT2D eigenvalue weighted by Crippen LogP contribution is -1.94. The summed E-state index contributed by atoms with van der Waals surface area (Å²) in [5.41, 5.74) is 7.78. The Morgan fingerprint density at radius 1 is 0.486 bits per heavy atom. The molecule has 0 saturated heterocycles. The molecule has 0 radical (unpaired) electrons. The predicted octanol–water partition coefficient (Wildman–Crippen LogP) is 10.5. The van der Waals surface area contributed by atoms with Crippen molar-refractivity contribution < 1.29 is 0 Å². The van der Waals surface area contributed by atoms with Crippen LogP contribution in [0.4, 0.5) is 0 Å². The first kappa shape index (κ1) is 20.1. The van der Waals surface area contributed by atoms with E-state index in [2.05, 4.69) is 98.1 Å². The minimum Gasteiger partial charge on any atom is -0.308 e. The molecule has 1 nitrogen and oxygen atoms in total. The van der Waals surface area contributed by atoms with Gasteiger partial charge in [0, 0.05) is 41.3 Å². The van der Waals surface area contributed by atoms with Gasteiger partial charge in [-0.05, 0) is 68.3 Å². The first-order valence-corrected chi connectivity index (χ1v) is 14.3. The van der Waals surface area contributed by atoms with Crippen molar-refractivity contribution in [2.24, 2.45) is 0 Å². The molecule has 35 heavy (non-hydrogen) atoms. The van der Waals surface area contributed by atoms with Crippen LogP contribution in [-0.2, 0) is 0 Å². The van der Waals surface area contributed by atoms with Gasteiger partial charge < -0.3 is 4.57 Å². The molecule has 4 aromatic heterocycles. The molecule has 168 valence electrons. The number of rotatable bonds is 1. The van der Waals surface area contributed by atoms with Crippen LogP contribution in [0.5, 0.6) is 0 Å². The number of aromatic nitrogens is 1. The van der Waals surface area contributed by atoms with Crippen LogP contribution in [0.25, 0.3) is 66.5 Å². The molecule has 8 aromatic rings. The first-order valence-electron chi connectivity index (χ1n) is 11.8. The van der Waals surface area contributed by atoms with Crippen molar-refractivity contribution in [2.45, 2.75) is 20.8 Å². The molecule has 4 aromatic carbocycles. The minimum atomic E-state index is 1.23. The molecule has 0 N–H and O–H groups in total. The second kappa shape index (κ2) is 6.94. The summed E-state index contributed by atoms with van der Waals surface area (Å²) in [6.45, 7) is 6.52. The van der Waals surface area contributed by atoms with E-state index in [0.717, 1.165) is 0 Å². The molecule has 0 amide bonds. The van der Waals surface area contributed by atoms with E-state index in [1.165, 1.54) is 83.2 Å². The summed E-state index contributed by atoms with van der Waals surface area (Å²) >= 11 is 5.83. The fraction of sp³-hybridized carbons (Fsp3) is 0.0968. The highest BCUT2D eigenvalue weighted by Crippen LogP contribution is 2.49.